The number of carbonyl (C=O) groups is 1. The monoisotopic (exact) mass is 238 g/mol. The number of unbranched alkanes of at least 4 members (excludes halogenated alkanes) is 1. The van der Waals surface area contributed by atoms with Crippen molar-refractivity contribution >= 4 is 17.3 Å². The molecule has 2 N–H and O–H groups in total. The molecule has 0 saturated heterocycles. The minimum absolute atomic E-state index is 0.253. The number of carboxylic acid groups (broad SMARTS) is 1. The van der Waals surface area contributed by atoms with Gasteiger partial charge < -0.3 is 10.4 Å². The number of nitro benzene ring substituents is 1. The maximum absolute atomic E-state index is 10.9. The highest BCUT2D eigenvalue weighted by Crippen LogP contribution is 2.28. The third-order valence-corrected chi connectivity index (χ3v) is 2.29. The normalized spacial score (nSPS) is 9.94. The first-order chi connectivity index (χ1) is 8.07. The van der Waals surface area contributed by atoms with Crippen LogP contribution >= 0.6 is 0 Å². The number of para-hydroxylation sites is 1. The zero-order valence-electron chi connectivity index (χ0n) is 9.47. The molecule has 0 aliphatic heterocycles. The lowest BCUT2D eigenvalue weighted by atomic mass is 10.1. The standard InChI is InChI=1S/C11H14N2O4/c1-2-3-7-12-9-6-4-5-8(11(14)15)10(9)13(16)17/h4-6,12H,2-3,7H2,1H3,(H,14,15). The number of nitro groups is 1. The maximum Gasteiger partial charge on any atom is 0.342 e. The van der Waals surface area contributed by atoms with E-state index in [4.69, 9.17) is 5.11 Å². The van der Waals surface area contributed by atoms with E-state index in [1.54, 1.807) is 0 Å². The Kier molecular flexibility index (Phi) is 4.45. The summed E-state index contributed by atoms with van der Waals surface area (Å²) in [5, 5.41) is 22.6. The quantitative estimate of drug-likeness (QED) is 0.451. The summed E-state index contributed by atoms with van der Waals surface area (Å²) in [5.41, 5.74) is -0.420. The van der Waals surface area contributed by atoms with Gasteiger partial charge in [-0.2, -0.15) is 0 Å². The van der Waals surface area contributed by atoms with E-state index < -0.39 is 10.9 Å². The molecule has 0 saturated carbocycles. The average molecular weight is 238 g/mol. The van der Waals surface area contributed by atoms with Gasteiger partial charge in [-0.3, -0.25) is 10.1 Å². The van der Waals surface area contributed by atoms with E-state index in [-0.39, 0.29) is 16.9 Å². The fraction of sp³-hybridized carbons (Fsp3) is 0.364. The lowest BCUT2D eigenvalue weighted by Crippen LogP contribution is -2.08. The highest BCUT2D eigenvalue weighted by atomic mass is 16.6. The van der Waals surface area contributed by atoms with Crippen LogP contribution in [0.25, 0.3) is 0 Å². The zero-order valence-corrected chi connectivity index (χ0v) is 9.47. The molecule has 0 heterocycles. The minimum atomic E-state index is -1.30. The van der Waals surface area contributed by atoms with Crippen LogP contribution in [0.4, 0.5) is 11.4 Å². The highest BCUT2D eigenvalue weighted by molar-refractivity contribution is 5.95. The molecule has 92 valence electrons. The van der Waals surface area contributed by atoms with Gasteiger partial charge >= 0.3 is 11.7 Å². The largest absolute Gasteiger partial charge is 0.477 e. The predicted octanol–water partition coefficient (Wildman–Crippen LogP) is 2.50. The second kappa shape index (κ2) is 5.83. The van der Waals surface area contributed by atoms with Gasteiger partial charge in [0.25, 0.3) is 0 Å². The molecule has 0 aromatic heterocycles. The number of hydrogen-bond acceptors (Lipinski definition) is 4. The van der Waals surface area contributed by atoms with Gasteiger partial charge in [0.2, 0.25) is 0 Å². The first-order valence-electron chi connectivity index (χ1n) is 5.32. The van der Waals surface area contributed by atoms with Gasteiger partial charge in [-0.1, -0.05) is 19.4 Å². The number of nitrogens with one attached hydrogen (secondary N) is 1. The van der Waals surface area contributed by atoms with Gasteiger partial charge in [0.1, 0.15) is 11.3 Å². The van der Waals surface area contributed by atoms with Crippen molar-refractivity contribution in [2.75, 3.05) is 11.9 Å². The van der Waals surface area contributed by atoms with Crippen molar-refractivity contribution in [3.05, 3.63) is 33.9 Å². The molecule has 1 rings (SSSR count). The first-order valence-corrected chi connectivity index (χ1v) is 5.32. The average Bonchev–Trinajstić information content (AvgIpc) is 2.28. The molecule has 1 aromatic rings. The molecule has 6 nitrogen and oxygen atoms in total. The van der Waals surface area contributed by atoms with Crippen molar-refractivity contribution in [3.63, 3.8) is 0 Å². The van der Waals surface area contributed by atoms with Gasteiger partial charge in [-0.25, -0.2) is 4.79 Å². The third-order valence-electron chi connectivity index (χ3n) is 2.29. The second-order valence-corrected chi connectivity index (χ2v) is 3.54. The summed E-state index contributed by atoms with van der Waals surface area (Å²) in [6.07, 6.45) is 1.83. The van der Waals surface area contributed by atoms with Crippen molar-refractivity contribution in [3.8, 4) is 0 Å². The summed E-state index contributed by atoms with van der Waals surface area (Å²) in [4.78, 5) is 21.1. The molecule has 0 atom stereocenters. The van der Waals surface area contributed by atoms with Crippen LogP contribution in [0.1, 0.15) is 30.1 Å². The molecule has 6 heteroatoms. The van der Waals surface area contributed by atoms with Crippen molar-refractivity contribution in [1.82, 2.24) is 0 Å². The molecule has 0 bridgehead atoms. The van der Waals surface area contributed by atoms with Gasteiger partial charge in [0, 0.05) is 6.54 Å². The van der Waals surface area contributed by atoms with Gasteiger partial charge in [-0.15, -0.1) is 0 Å². The van der Waals surface area contributed by atoms with Crippen molar-refractivity contribution in [2.24, 2.45) is 0 Å². The Hall–Kier alpha value is -2.11. The molecule has 0 amide bonds. The first kappa shape index (κ1) is 13.0. The summed E-state index contributed by atoms with van der Waals surface area (Å²) in [7, 11) is 0. The smallest absolute Gasteiger partial charge is 0.342 e. The van der Waals surface area contributed by atoms with E-state index in [2.05, 4.69) is 5.32 Å². The molecule has 1 aromatic carbocycles. The van der Waals surface area contributed by atoms with Crippen molar-refractivity contribution in [2.45, 2.75) is 19.8 Å². The lowest BCUT2D eigenvalue weighted by molar-refractivity contribution is -0.384. The number of aromatic carboxylic acids is 1. The summed E-state index contributed by atoms with van der Waals surface area (Å²) in [6.45, 7) is 2.59. The predicted molar refractivity (Wildman–Crippen MR) is 63.5 cm³/mol. The van der Waals surface area contributed by atoms with Crippen LogP contribution in [0, 0.1) is 10.1 Å². The maximum atomic E-state index is 10.9. The van der Waals surface area contributed by atoms with Gasteiger partial charge in [-0.05, 0) is 18.6 Å². The van der Waals surface area contributed by atoms with Crippen LogP contribution < -0.4 is 5.32 Å². The number of hydrogen-bond donors (Lipinski definition) is 2. The van der Waals surface area contributed by atoms with Gasteiger partial charge in [0.15, 0.2) is 0 Å². The van der Waals surface area contributed by atoms with Crippen LogP contribution in [0.5, 0.6) is 0 Å². The zero-order chi connectivity index (χ0) is 12.8. The van der Waals surface area contributed by atoms with Crippen LogP contribution in [-0.4, -0.2) is 22.5 Å². The van der Waals surface area contributed by atoms with Crippen LogP contribution in [0.2, 0.25) is 0 Å². The minimum Gasteiger partial charge on any atom is -0.477 e. The number of anilines is 1. The highest BCUT2D eigenvalue weighted by Gasteiger charge is 2.23. The van der Waals surface area contributed by atoms with Crippen LogP contribution in [-0.2, 0) is 0 Å². The van der Waals surface area contributed by atoms with E-state index in [0.29, 0.717) is 6.54 Å². The Morgan fingerprint density at radius 3 is 2.76 bits per heavy atom. The third kappa shape index (κ3) is 3.17. The number of rotatable bonds is 6. The summed E-state index contributed by atoms with van der Waals surface area (Å²) in [6, 6.07) is 4.23. The van der Waals surface area contributed by atoms with Gasteiger partial charge in [0.05, 0.1) is 4.92 Å². The van der Waals surface area contributed by atoms with E-state index in [9.17, 15) is 14.9 Å². The molecular formula is C11H14N2O4. The molecule has 0 unspecified atom stereocenters. The molecule has 0 fully saturated rings. The summed E-state index contributed by atoms with van der Waals surface area (Å²) >= 11 is 0. The van der Waals surface area contributed by atoms with E-state index in [0.717, 1.165) is 12.8 Å². The van der Waals surface area contributed by atoms with Crippen LogP contribution in [0.15, 0.2) is 18.2 Å². The van der Waals surface area contributed by atoms with E-state index in [1.807, 2.05) is 6.92 Å². The SMILES string of the molecule is CCCCNc1cccc(C(=O)O)c1[N+](=O)[O-]. The van der Waals surface area contributed by atoms with E-state index >= 15 is 0 Å². The fourth-order valence-electron chi connectivity index (χ4n) is 1.46. The second-order valence-electron chi connectivity index (χ2n) is 3.54. The summed E-state index contributed by atoms with van der Waals surface area (Å²) in [5.74, 6) is -1.30. The molecule has 0 radical (unpaired) electrons. The number of nitrogens with zero attached hydrogens (tertiary/aromatic N) is 1. The molecular weight excluding hydrogens is 224 g/mol. The Morgan fingerprint density at radius 2 is 2.24 bits per heavy atom. The van der Waals surface area contributed by atoms with E-state index in [1.165, 1.54) is 18.2 Å². The Morgan fingerprint density at radius 1 is 1.53 bits per heavy atom. The Bertz CT molecular complexity index is 431. The molecule has 0 aliphatic rings. The fourth-order valence-corrected chi connectivity index (χ4v) is 1.46. The number of carboxylic acids is 1. The summed E-state index contributed by atoms with van der Waals surface area (Å²) < 4.78 is 0. The number of benzene rings is 1. The van der Waals surface area contributed by atoms with Crippen LogP contribution in [0.3, 0.4) is 0 Å². The Labute approximate surface area is 98.4 Å². The Balaban J connectivity index is 3.07. The molecule has 0 spiro atoms. The van der Waals surface area contributed by atoms with Crippen molar-refractivity contribution in [1.29, 1.82) is 0 Å². The molecule has 17 heavy (non-hydrogen) atoms. The lowest BCUT2D eigenvalue weighted by Gasteiger charge is -2.07. The molecule has 0 aliphatic carbocycles. The topological polar surface area (TPSA) is 92.5 Å². The van der Waals surface area contributed by atoms with Crippen molar-refractivity contribution < 1.29 is 14.8 Å².